The van der Waals surface area contributed by atoms with Gasteiger partial charge < -0.3 is 0 Å². The zero-order valence-corrected chi connectivity index (χ0v) is 9.38. The third-order valence-electron chi connectivity index (χ3n) is 2.76. The monoisotopic (exact) mass is 240 g/mol. The number of hydrogen-bond donors (Lipinski definition) is 0. The summed E-state index contributed by atoms with van der Waals surface area (Å²) in [6.07, 6.45) is 0. The Labute approximate surface area is 102 Å². The van der Waals surface area contributed by atoms with Crippen LogP contribution in [0, 0.1) is 0 Å². The minimum absolute atomic E-state index is 0.0271. The number of halogens is 1. The van der Waals surface area contributed by atoms with Crippen molar-refractivity contribution in [1.82, 2.24) is 9.77 Å². The number of para-hydroxylation sites is 1. The molecule has 0 unspecified atom stereocenters. The average Bonchev–Trinajstić information content (AvgIpc) is 2.44. The Bertz CT molecular complexity index is 766. The molecule has 2 aromatic carbocycles. The van der Waals surface area contributed by atoms with Crippen molar-refractivity contribution in [2.75, 3.05) is 0 Å². The summed E-state index contributed by atoms with van der Waals surface area (Å²) in [5, 5.41) is 0.277. The van der Waals surface area contributed by atoms with Crippen LogP contribution in [0.5, 0.6) is 0 Å². The van der Waals surface area contributed by atoms with Crippen LogP contribution in [0.4, 0.5) is 4.48 Å². The normalized spacial score (nSPS) is 10.7. The first kappa shape index (κ1) is 10.7. The number of nitrogens with zero attached hydrogens (tertiary/aromatic N) is 2. The van der Waals surface area contributed by atoms with Crippen LogP contribution in [0.1, 0.15) is 0 Å². The van der Waals surface area contributed by atoms with Gasteiger partial charge in [0.25, 0.3) is 5.56 Å². The molecule has 3 rings (SSSR count). The Kier molecular flexibility index (Phi) is 2.41. The Morgan fingerprint density at radius 3 is 2.39 bits per heavy atom. The van der Waals surface area contributed by atoms with E-state index in [9.17, 15) is 9.28 Å². The van der Waals surface area contributed by atoms with Gasteiger partial charge in [0.05, 0.1) is 10.9 Å². The quantitative estimate of drug-likeness (QED) is 0.655. The highest BCUT2D eigenvalue weighted by molar-refractivity contribution is 5.79. The molecule has 0 atom stereocenters. The fourth-order valence-electron chi connectivity index (χ4n) is 1.88. The van der Waals surface area contributed by atoms with Gasteiger partial charge in [-0.05, 0) is 12.1 Å². The molecule has 3 aromatic rings. The number of hydrogen-bond acceptors (Lipinski definition) is 2. The Morgan fingerprint density at radius 2 is 1.61 bits per heavy atom. The first-order chi connectivity index (χ1) is 8.77. The lowest BCUT2D eigenvalue weighted by Gasteiger charge is -2.05. The van der Waals surface area contributed by atoms with Crippen LogP contribution in [-0.4, -0.2) is 9.77 Å². The van der Waals surface area contributed by atoms with Gasteiger partial charge in [0.15, 0.2) is 5.82 Å². The van der Waals surface area contributed by atoms with E-state index in [0.717, 1.165) is 0 Å². The Morgan fingerprint density at radius 1 is 0.944 bits per heavy atom. The van der Waals surface area contributed by atoms with Gasteiger partial charge >= 0.3 is 0 Å². The third kappa shape index (κ3) is 1.59. The summed E-state index contributed by atoms with van der Waals surface area (Å²) < 4.78 is 14.0. The van der Waals surface area contributed by atoms with Gasteiger partial charge in [-0.2, -0.15) is 0 Å². The summed E-state index contributed by atoms with van der Waals surface area (Å²) in [5.41, 5.74) is 0.387. The molecule has 0 spiro atoms. The molecule has 0 aliphatic carbocycles. The van der Waals surface area contributed by atoms with Gasteiger partial charge in [-0.25, -0.2) is 4.98 Å². The summed E-state index contributed by atoms with van der Waals surface area (Å²) in [6.45, 7) is 0. The topological polar surface area (TPSA) is 34.9 Å². The molecular formula is C14H9FN2O. The lowest BCUT2D eigenvalue weighted by molar-refractivity contribution is 0.356. The maximum absolute atomic E-state index is 14.0. The van der Waals surface area contributed by atoms with Crippen LogP contribution in [0.2, 0.25) is 0 Å². The predicted octanol–water partition coefficient (Wildman–Crippen LogP) is 2.80. The summed E-state index contributed by atoms with van der Waals surface area (Å²) in [7, 11) is 0. The van der Waals surface area contributed by atoms with Crippen molar-refractivity contribution in [3.63, 3.8) is 0 Å². The minimum Gasteiger partial charge on any atom is -0.266 e. The predicted molar refractivity (Wildman–Crippen MR) is 67.9 cm³/mol. The summed E-state index contributed by atoms with van der Waals surface area (Å²) in [6, 6.07) is 15.5. The van der Waals surface area contributed by atoms with Crippen molar-refractivity contribution in [2.24, 2.45) is 0 Å². The summed E-state index contributed by atoms with van der Waals surface area (Å²) in [4.78, 5) is 16.2. The van der Waals surface area contributed by atoms with Crippen LogP contribution < -0.4 is 5.56 Å². The molecule has 0 aliphatic rings. The smallest absolute Gasteiger partial charge is 0.266 e. The number of aromatic nitrogens is 2. The molecule has 1 heterocycles. The molecule has 0 saturated heterocycles. The first-order valence-corrected chi connectivity index (χ1v) is 5.51. The fourth-order valence-corrected chi connectivity index (χ4v) is 1.88. The average molecular weight is 240 g/mol. The third-order valence-corrected chi connectivity index (χ3v) is 2.76. The van der Waals surface area contributed by atoms with E-state index in [1.54, 1.807) is 48.5 Å². The Balaban J connectivity index is 2.38. The van der Waals surface area contributed by atoms with Crippen LogP contribution in [0.3, 0.4) is 0 Å². The van der Waals surface area contributed by atoms with E-state index in [2.05, 4.69) is 4.98 Å². The Hall–Kier alpha value is -2.49. The number of benzene rings is 2. The van der Waals surface area contributed by atoms with Crippen LogP contribution in [0.15, 0.2) is 59.4 Å². The van der Waals surface area contributed by atoms with Crippen molar-refractivity contribution >= 4 is 10.9 Å². The van der Waals surface area contributed by atoms with Gasteiger partial charge in [-0.3, -0.25) is 4.79 Å². The van der Waals surface area contributed by atoms with Gasteiger partial charge in [0.1, 0.15) is 0 Å². The second kappa shape index (κ2) is 4.07. The van der Waals surface area contributed by atoms with Crippen molar-refractivity contribution in [3.8, 4) is 11.4 Å². The molecule has 0 bridgehead atoms. The fraction of sp³-hybridized carbons (Fsp3) is 0. The molecule has 88 valence electrons. The lowest BCUT2D eigenvalue weighted by atomic mass is 10.2. The van der Waals surface area contributed by atoms with Crippen LogP contribution in [-0.2, 0) is 0 Å². The van der Waals surface area contributed by atoms with Crippen LogP contribution >= 0.6 is 0 Å². The highest BCUT2D eigenvalue weighted by Crippen LogP contribution is 2.18. The number of rotatable bonds is 1. The molecule has 1 aromatic heterocycles. The van der Waals surface area contributed by atoms with E-state index in [-0.39, 0.29) is 16.0 Å². The second-order valence-electron chi connectivity index (χ2n) is 3.90. The van der Waals surface area contributed by atoms with E-state index in [0.29, 0.717) is 11.1 Å². The highest BCUT2D eigenvalue weighted by Gasteiger charge is 2.11. The zero-order chi connectivity index (χ0) is 12.5. The molecule has 0 radical (unpaired) electrons. The molecule has 0 saturated carbocycles. The minimum atomic E-state index is -0.681. The van der Waals surface area contributed by atoms with E-state index < -0.39 is 5.56 Å². The number of fused-ring (bicyclic) bond motifs is 1. The van der Waals surface area contributed by atoms with E-state index >= 15 is 0 Å². The second-order valence-corrected chi connectivity index (χ2v) is 3.90. The van der Waals surface area contributed by atoms with Crippen molar-refractivity contribution in [3.05, 3.63) is 65.0 Å². The van der Waals surface area contributed by atoms with Crippen LogP contribution in [0.25, 0.3) is 22.3 Å². The van der Waals surface area contributed by atoms with Crippen molar-refractivity contribution in [1.29, 1.82) is 0 Å². The van der Waals surface area contributed by atoms with Crippen molar-refractivity contribution < 1.29 is 4.48 Å². The SMILES string of the molecule is O=c1c2ccccc2nc(-c2ccccc2)n1F. The van der Waals surface area contributed by atoms with E-state index in [4.69, 9.17) is 0 Å². The van der Waals surface area contributed by atoms with Gasteiger partial charge in [-0.15, -0.1) is 4.79 Å². The molecule has 0 fully saturated rings. The van der Waals surface area contributed by atoms with Gasteiger partial charge in [0, 0.05) is 5.56 Å². The molecule has 0 N–H and O–H groups in total. The van der Waals surface area contributed by atoms with Gasteiger partial charge in [-0.1, -0.05) is 46.9 Å². The van der Waals surface area contributed by atoms with E-state index in [1.165, 1.54) is 0 Å². The molecule has 18 heavy (non-hydrogen) atoms. The summed E-state index contributed by atoms with van der Waals surface area (Å²) >= 11 is 0. The van der Waals surface area contributed by atoms with Gasteiger partial charge in [0.2, 0.25) is 0 Å². The molecule has 4 heteroatoms. The largest absolute Gasteiger partial charge is 0.290 e. The highest BCUT2D eigenvalue weighted by atomic mass is 19.2. The summed E-state index contributed by atoms with van der Waals surface area (Å²) in [5.74, 6) is 0.0271. The standard InChI is InChI=1S/C14H9FN2O/c15-17-13(10-6-2-1-3-7-10)16-12-9-5-4-8-11(12)14(17)18/h1-9H. The first-order valence-electron chi connectivity index (χ1n) is 5.51. The molecule has 0 aliphatic heterocycles. The maximum atomic E-state index is 14.0. The van der Waals surface area contributed by atoms with E-state index in [1.807, 2.05) is 6.07 Å². The zero-order valence-electron chi connectivity index (χ0n) is 9.38. The molecular weight excluding hydrogens is 231 g/mol. The van der Waals surface area contributed by atoms with Crippen molar-refractivity contribution in [2.45, 2.75) is 0 Å². The molecule has 0 amide bonds. The maximum Gasteiger partial charge on any atom is 0.290 e. The molecule has 3 nitrogen and oxygen atoms in total. The lowest BCUT2D eigenvalue weighted by Crippen LogP contribution is -2.17.